The summed E-state index contributed by atoms with van der Waals surface area (Å²) in [6.07, 6.45) is 1.35. The van der Waals surface area contributed by atoms with Crippen LogP contribution in [0.2, 0.25) is 0 Å². The third-order valence-electron chi connectivity index (χ3n) is 4.66. The number of rotatable bonds is 7. The van der Waals surface area contributed by atoms with E-state index in [1.165, 1.54) is 54.7 Å². The van der Waals surface area contributed by atoms with Crippen molar-refractivity contribution in [2.45, 2.75) is 0 Å². The van der Waals surface area contributed by atoms with Gasteiger partial charge in [0.1, 0.15) is 17.5 Å². The first kappa shape index (κ1) is 22.9. The van der Waals surface area contributed by atoms with Crippen molar-refractivity contribution >= 4 is 29.2 Å². The summed E-state index contributed by atoms with van der Waals surface area (Å²) in [5.74, 6) is -2.60. The van der Waals surface area contributed by atoms with Crippen molar-refractivity contribution < 1.29 is 23.1 Å². The van der Waals surface area contributed by atoms with E-state index in [0.717, 1.165) is 0 Å². The number of carbonyl (C=O) groups is 1. The van der Waals surface area contributed by atoms with Crippen LogP contribution in [0.1, 0.15) is 5.56 Å². The van der Waals surface area contributed by atoms with Gasteiger partial charge in [-0.05, 0) is 42.0 Å². The van der Waals surface area contributed by atoms with Gasteiger partial charge in [0.05, 0.1) is 0 Å². The topological polar surface area (TPSA) is 52.9 Å². The molecule has 1 N–H and O–H groups in total. The molecule has 162 valence electrons. The van der Waals surface area contributed by atoms with E-state index < -0.39 is 30.1 Å². The molecule has 0 saturated carbocycles. The molecule has 3 aromatic carbocycles. The first-order valence-corrected chi connectivity index (χ1v) is 9.71. The second kappa shape index (κ2) is 10.0. The molecule has 0 aliphatic heterocycles. The van der Waals surface area contributed by atoms with Gasteiger partial charge in [0.2, 0.25) is 0 Å². The lowest BCUT2D eigenvalue weighted by atomic mass is 9.36. The molecule has 4 nitrogen and oxygen atoms in total. The van der Waals surface area contributed by atoms with Gasteiger partial charge in [-0.25, -0.2) is 18.0 Å². The highest BCUT2D eigenvalue weighted by Crippen LogP contribution is 2.12. The number of nitrogens with zero attached hydrogens (tertiary/aromatic N) is 2. The third kappa shape index (κ3) is 5.66. The number of halogens is 3. The molecule has 0 unspecified atom stereocenters. The molecule has 0 spiro atoms. The molecule has 0 heterocycles. The summed E-state index contributed by atoms with van der Waals surface area (Å²) in [6, 6.07) is 16.8. The molecular weight excluding hydrogens is 416 g/mol. The highest BCUT2D eigenvalue weighted by atomic mass is 19.1. The van der Waals surface area contributed by atoms with Crippen molar-refractivity contribution in [1.29, 1.82) is 0 Å². The molecule has 0 aliphatic rings. The van der Waals surface area contributed by atoms with E-state index in [1.807, 2.05) is 0 Å². The molecule has 0 aliphatic carbocycles. The van der Waals surface area contributed by atoms with E-state index in [-0.39, 0.29) is 5.70 Å². The van der Waals surface area contributed by atoms with Crippen LogP contribution in [0.25, 0.3) is 0 Å². The normalized spacial score (nSPS) is 11.9. The Morgan fingerprint density at radius 2 is 1.22 bits per heavy atom. The summed E-state index contributed by atoms with van der Waals surface area (Å²) < 4.78 is 40.9. The summed E-state index contributed by atoms with van der Waals surface area (Å²) in [5, 5.41) is 9.70. The second-order valence-corrected chi connectivity index (χ2v) is 7.32. The van der Waals surface area contributed by atoms with Gasteiger partial charge >= 0.3 is 5.97 Å². The summed E-state index contributed by atoms with van der Waals surface area (Å²) in [7, 11) is 3.32. The van der Waals surface area contributed by atoms with Crippen LogP contribution in [0.3, 0.4) is 0 Å². The number of hydrogen-bond acceptors (Lipinski definition) is 3. The van der Waals surface area contributed by atoms with Gasteiger partial charge in [-0.2, -0.15) is 0 Å². The van der Waals surface area contributed by atoms with Crippen LogP contribution < -0.4 is 10.9 Å². The minimum absolute atomic E-state index is 0.247. The lowest BCUT2D eigenvalue weighted by Crippen LogP contribution is -2.50. The van der Waals surface area contributed by atoms with E-state index in [2.05, 4.69) is 4.99 Å². The number of aliphatic carboxylic acids is 1. The maximum atomic E-state index is 13.6. The zero-order valence-electron chi connectivity index (χ0n) is 17.5. The molecule has 8 heteroatoms. The van der Waals surface area contributed by atoms with Crippen LogP contribution in [0, 0.1) is 17.5 Å². The number of benzene rings is 3. The summed E-state index contributed by atoms with van der Waals surface area (Å²) in [5.41, 5.74) is 1.73. The van der Waals surface area contributed by atoms with Crippen LogP contribution >= 0.6 is 0 Å². The predicted molar refractivity (Wildman–Crippen MR) is 120 cm³/mol. The van der Waals surface area contributed by atoms with Gasteiger partial charge in [-0.1, -0.05) is 47.3 Å². The van der Waals surface area contributed by atoms with Crippen LogP contribution in [0.4, 0.5) is 13.2 Å². The maximum absolute atomic E-state index is 13.6. The maximum Gasteiger partial charge on any atom is 0.355 e. The van der Waals surface area contributed by atoms with Crippen LogP contribution in [0.15, 0.2) is 89.7 Å². The lowest BCUT2D eigenvalue weighted by Gasteiger charge is -2.19. The summed E-state index contributed by atoms with van der Waals surface area (Å²) in [6.45, 7) is -0.674. The monoisotopic (exact) mass is 436 g/mol. The standard InChI is InChI=1S/C24H20BF3N2O2/c1-30(2)15-22(24(31)32)29-23(16-3-9-19(26)10-4-16)25(17-5-11-20(27)12-6-17)18-7-13-21(28)14-8-18/h3-15H,1-2H3,(H,31,32). The number of hydrogen-bond donors (Lipinski definition) is 1. The molecule has 0 radical (unpaired) electrons. The first-order chi connectivity index (χ1) is 15.2. The highest BCUT2D eigenvalue weighted by Gasteiger charge is 2.28. The van der Waals surface area contributed by atoms with E-state index in [0.29, 0.717) is 22.1 Å². The molecule has 3 aromatic rings. The number of carboxylic acids is 1. The molecule has 0 bridgehead atoms. The van der Waals surface area contributed by atoms with Gasteiger partial charge in [0, 0.05) is 25.9 Å². The fourth-order valence-corrected chi connectivity index (χ4v) is 3.24. The van der Waals surface area contributed by atoms with Gasteiger partial charge < -0.3 is 10.0 Å². The Kier molecular flexibility index (Phi) is 7.15. The first-order valence-electron chi connectivity index (χ1n) is 9.71. The number of carboxylic acid groups (broad SMARTS) is 1. The SMILES string of the molecule is CN(C)C=C(N=C(B(c1ccc(F)cc1)c1ccc(F)cc1)c1ccc(F)cc1)C(=O)O. The highest BCUT2D eigenvalue weighted by molar-refractivity contribution is 7.10. The van der Waals surface area contributed by atoms with Gasteiger partial charge in [-0.15, -0.1) is 0 Å². The van der Waals surface area contributed by atoms with Gasteiger partial charge in [0.15, 0.2) is 5.70 Å². The summed E-state index contributed by atoms with van der Waals surface area (Å²) >= 11 is 0. The Bertz CT molecular complexity index is 1100. The molecule has 0 amide bonds. The van der Waals surface area contributed by atoms with Crippen molar-refractivity contribution in [3.63, 3.8) is 0 Å². The lowest BCUT2D eigenvalue weighted by molar-refractivity contribution is -0.132. The van der Waals surface area contributed by atoms with Crippen LogP contribution in [-0.4, -0.2) is 42.4 Å². The van der Waals surface area contributed by atoms with Crippen LogP contribution in [0.5, 0.6) is 0 Å². The van der Waals surface area contributed by atoms with Crippen molar-refractivity contribution in [2.75, 3.05) is 14.1 Å². The fourth-order valence-electron chi connectivity index (χ4n) is 3.24. The molecular formula is C24H20BF3N2O2. The smallest absolute Gasteiger partial charge is 0.355 e. The Morgan fingerprint density at radius 3 is 1.59 bits per heavy atom. The number of aliphatic imine (C=N–C) groups is 1. The van der Waals surface area contributed by atoms with Gasteiger partial charge in [0.25, 0.3) is 6.71 Å². The van der Waals surface area contributed by atoms with E-state index >= 15 is 0 Å². The average Bonchev–Trinajstić information content (AvgIpc) is 2.75. The minimum Gasteiger partial charge on any atom is -0.476 e. The zero-order valence-corrected chi connectivity index (χ0v) is 17.5. The second-order valence-electron chi connectivity index (χ2n) is 7.32. The molecule has 3 rings (SSSR count). The predicted octanol–water partition coefficient (Wildman–Crippen LogP) is 3.23. The van der Waals surface area contributed by atoms with Crippen molar-refractivity contribution in [3.8, 4) is 0 Å². The summed E-state index contributed by atoms with van der Waals surface area (Å²) in [4.78, 5) is 17.9. The van der Waals surface area contributed by atoms with Crippen molar-refractivity contribution in [1.82, 2.24) is 4.90 Å². The molecule has 32 heavy (non-hydrogen) atoms. The minimum atomic E-state index is -1.25. The van der Waals surface area contributed by atoms with E-state index in [1.54, 1.807) is 43.3 Å². The molecule has 0 fully saturated rings. The third-order valence-corrected chi connectivity index (χ3v) is 4.66. The van der Waals surface area contributed by atoms with Crippen LogP contribution in [-0.2, 0) is 4.79 Å². The zero-order chi connectivity index (χ0) is 23.3. The van der Waals surface area contributed by atoms with Crippen molar-refractivity contribution in [2.24, 2.45) is 4.99 Å². The molecule has 0 atom stereocenters. The Balaban J connectivity index is 2.30. The Labute approximate surface area is 184 Å². The van der Waals surface area contributed by atoms with Crippen molar-refractivity contribution in [3.05, 3.63) is 108 Å². The Hall–Kier alpha value is -3.81. The van der Waals surface area contributed by atoms with E-state index in [4.69, 9.17) is 0 Å². The quantitative estimate of drug-likeness (QED) is 0.352. The fraction of sp³-hybridized carbons (Fsp3) is 0.0833. The Morgan fingerprint density at radius 1 is 0.812 bits per heavy atom. The van der Waals surface area contributed by atoms with E-state index in [9.17, 15) is 23.1 Å². The largest absolute Gasteiger partial charge is 0.476 e. The molecule has 0 saturated heterocycles. The average molecular weight is 436 g/mol. The molecule has 0 aromatic heterocycles. The van der Waals surface area contributed by atoms with Gasteiger partial charge in [-0.3, -0.25) is 4.99 Å².